The quantitative estimate of drug-likeness (QED) is 0.867. The Balaban J connectivity index is 1.75. The summed E-state index contributed by atoms with van der Waals surface area (Å²) in [7, 11) is 2.10. The lowest BCUT2D eigenvalue weighted by Crippen LogP contribution is -2.43. The molecule has 1 aromatic carbocycles. The molecule has 0 spiro atoms. The van der Waals surface area contributed by atoms with Gasteiger partial charge in [0.15, 0.2) is 5.16 Å². The van der Waals surface area contributed by atoms with E-state index in [0.29, 0.717) is 0 Å². The maximum absolute atomic E-state index is 4.74. The maximum Gasteiger partial charge on any atom is 0.170 e. The molecule has 2 aromatic rings. The number of imidazole rings is 1. The van der Waals surface area contributed by atoms with Crippen LogP contribution in [0.4, 0.5) is 0 Å². The van der Waals surface area contributed by atoms with Crippen molar-refractivity contribution in [2.45, 2.75) is 12.1 Å². The third-order valence-electron chi connectivity index (χ3n) is 3.58. The minimum atomic E-state index is 1.03. The minimum Gasteiger partial charge on any atom is -0.322 e. The highest BCUT2D eigenvalue weighted by Gasteiger charge is 2.13. The summed E-state index contributed by atoms with van der Waals surface area (Å²) in [6.07, 6.45) is 0. The van der Waals surface area contributed by atoms with E-state index in [4.69, 9.17) is 4.98 Å². The summed E-state index contributed by atoms with van der Waals surface area (Å²) in [4.78, 5) is 7.22. The number of fused-ring (bicyclic) bond motifs is 1. The van der Waals surface area contributed by atoms with Gasteiger partial charge in [-0.25, -0.2) is 4.98 Å². The number of thioether (sulfide) groups is 1. The van der Waals surface area contributed by atoms with Gasteiger partial charge in [-0.3, -0.25) is 4.90 Å². The summed E-state index contributed by atoms with van der Waals surface area (Å²) < 4.78 is 2.20. The molecule has 1 saturated heterocycles. The molecule has 102 valence electrons. The summed E-state index contributed by atoms with van der Waals surface area (Å²) >= 11 is 1.84. The van der Waals surface area contributed by atoms with Crippen molar-refractivity contribution in [1.82, 2.24) is 19.8 Å². The van der Waals surface area contributed by atoms with Crippen LogP contribution < -0.4 is 5.32 Å². The molecule has 2 heterocycles. The van der Waals surface area contributed by atoms with Crippen molar-refractivity contribution in [3.8, 4) is 0 Å². The van der Waals surface area contributed by atoms with Crippen LogP contribution >= 0.6 is 11.8 Å². The Morgan fingerprint density at radius 3 is 2.89 bits per heavy atom. The standard InChI is InChI=1S/C14H20N4S/c1-11-3-4-13-12(9-11)16-14(17(13)2)19-10-18-7-5-15-6-8-18/h3-4,9,15H,5-8,10H2,1-2H3. The number of nitrogens with one attached hydrogen (secondary N) is 1. The molecule has 0 saturated carbocycles. The van der Waals surface area contributed by atoms with E-state index >= 15 is 0 Å². The molecular weight excluding hydrogens is 256 g/mol. The molecule has 4 nitrogen and oxygen atoms in total. The first-order valence-corrected chi connectivity index (χ1v) is 7.71. The number of benzene rings is 1. The number of rotatable bonds is 3. The van der Waals surface area contributed by atoms with E-state index in [-0.39, 0.29) is 0 Å². The zero-order chi connectivity index (χ0) is 13.2. The molecule has 0 radical (unpaired) electrons. The average molecular weight is 276 g/mol. The van der Waals surface area contributed by atoms with Crippen molar-refractivity contribution in [1.29, 1.82) is 0 Å². The first-order chi connectivity index (χ1) is 9.24. The molecule has 0 aliphatic carbocycles. The van der Waals surface area contributed by atoms with Crippen molar-refractivity contribution >= 4 is 22.8 Å². The van der Waals surface area contributed by atoms with Gasteiger partial charge in [-0.05, 0) is 24.6 Å². The van der Waals surface area contributed by atoms with Crippen LogP contribution in [0.25, 0.3) is 11.0 Å². The molecule has 1 aliphatic heterocycles. The number of hydrogen-bond donors (Lipinski definition) is 1. The molecule has 0 atom stereocenters. The van der Waals surface area contributed by atoms with Crippen LogP contribution in [0.15, 0.2) is 23.4 Å². The van der Waals surface area contributed by atoms with Crippen LogP contribution in [0.1, 0.15) is 5.56 Å². The predicted octanol–water partition coefficient (Wildman–Crippen LogP) is 1.84. The second-order valence-corrected chi connectivity index (χ2v) is 6.00. The SMILES string of the molecule is Cc1ccc2c(c1)nc(SCN1CCNCC1)n2C. The Morgan fingerprint density at radius 1 is 1.32 bits per heavy atom. The minimum absolute atomic E-state index is 1.03. The van der Waals surface area contributed by atoms with Crippen LogP contribution in [-0.2, 0) is 7.05 Å². The summed E-state index contributed by atoms with van der Waals surface area (Å²) in [5, 5.41) is 4.49. The molecule has 3 rings (SSSR count). The Morgan fingerprint density at radius 2 is 2.11 bits per heavy atom. The van der Waals surface area contributed by atoms with Crippen LogP contribution in [0, 0.1) is 6.92 Å². The van der Waals surface area contributed by atoms with Gasteiger partial charge in [0.25, 0.3) is 0 Å². The monoisotopic (exact) mass is 276 g/mol. The summed E-state index contributed by atoms with van der Waals surface area (Å²) in [5.74, 6) is 1.03. The van der Waals surface area contributed by atoms with E-state index in [9.17, 15) is 0 Å². The van der Waals surface area contributed by atoms with Gasteiger partial charge < -0.3 is 9.88 Å². The largest absolute Gasteiger partial charge is 0.322 e. The zero-order valence-corrected chi connectivity index (χ0v) is 12.3. The molecule has 1 fully saturated rings. The summed E-state index contributed by atoms with van der Waals surface area (Å²) in [6.45, 7) is 6.58. The average Bonchev–Trinajstić information content (AvgIpc) is 2.74. The zero-order valence-electron chi connectivity index (χ0n) is 11.5. The Labute approximate surface area is 118 Å². The van der Waals surface area contributed by atoms with Gasteiger partial charge in [0.1, 0.15) is 0 Å². The first kappa shape index (κ1) is 13.0. The van der Waals surface area contributed by atoms with Crippen molar-refractivity contribution < 1.29 is 0 Å². The fourth-order valence-electron chi connectivity index (χ4n) is 2.41. The molecule has 1 aliphatic rings. The van der Waals surface area contributed by atoms with Gasteiger partial charge in [0.2, 0.25) is 0 Å². The number of nitrogens with zero attached hydrogens (tertiary/aromatic N) is 3. The molecule has 0 bridgehead atoms. The molecule has 0 unspecified atom stereocenters. The highest BCUT2D eigenvalue weighted by Crippen LogP contribution is 2.24. The maximum atomic E-state index is 4.74. The van der Waals surface area contributed by atoms with Crippen LogP contribution in [-0.4, -0.2) is 46.5 Å². The smallest absolute Gasteiger partial charge is 0.170 e. The fourth-order valence-corrected chi connectivity index (χ4v) is 3.42. The van der Waals surface area contributed by atoms with Crippen molar-refractivity contribution in [3.63, 3.8) is 0 Å². The third kappa shape index (κ3) is 2.78. The third-order valence-corrected chi connectivity index (χ3v) is 4.70. The van der Waals surface area contributed by atoms with Gasteiger partial charge in [-0.15, -0.1) is 0 Å². The Bertz CT molecular complexity index is 572. The topological polar surface area (TPSA) is 33.1 Å². The number of piperazine rings is 1. The van der Waals surface area contributed by atoms with E-state index in [0.717, 1.165) is 42.7 Å². The number of aryl methyl sites for hydroxylation is 2. The highest BCUT2D eigenvalue weighted by molar-refractivity contribution is 7.99. The van der Waals surface area contributed by atoms with Crippen LogP contribution in [0.2, 0.25) is 0 Å². The number of hydrogen-bond acceptors (Lipinski definition) is 4. The Kier molecular flexibility index (Phi) is 3.77. The molecule has 1 N–H and O–H groups in total. The molecule has 19 heavy (non-hydrogen) atoms. The Hall–Kier alpha value is -1.04. The molecule has 0 amide bonds. The molecule has 1 aromatic heterocycles. The van der Waals surface area contributed by atoms with Gasteiger partial charge in [0.05, 0.1) is 16.9 Å². The van der Waals surface area contributed by atoms with E-state index in [1.807, 2.05) is 11.8 Å². The lowest BCUT2D eigenvalue weighted by molar-refractivity contribution is 0.280. The van der Waals surface area contributed by atoms with Crippen molar-refractivity contribution in [2.24, 2.45) is 7.05 Å². The molecular formula is C14H20N4S. The van der Waals surface area contributed by atoms with E-state index in [1.54, 1.807) is 0 Å². The van der Waals surface area contributed by atoms with Crippen LogP contribution in [0.5, 0.6) is 0 Å². The van der Waals surface area contributed by atoms with Gasteiger partial charge in [-0.1, -0.05) is 17.8 Å². The van der Waals surface area contributed by atoms with Crippen molar-refractivity contribution in [2.75, 3.05) is 32.1 Å². The predicted molar refractivity (Wildman–Crippen MR) is 80.6 cm³/mol. The van der Waals surface area contributed by atoms with Gasteiger partial charge in [-0.2, -0.15) is 0 Å². The summed E-state index contributed by atoms with van der Waals surface area (Å²) in [6, 6.07) is 6.46. The summed E-state index contributed by atoms with van der Waals surface area (Å²) in [5.41, 5.74) is 3.59. The van der Waals surface area contributed by atoms with E-state index < -0.39 is 0 Å². The fraction of sp³-hybridized carbons (Fsp3) is 0.500. The first-order valence-electron chi connectivity index (χ1n) is 6.73. The second kappa shape index (κ2) is 5.53. The number of aromatic nitrogens is 2. The lowest BCUT2D eigenvalue weighted by atomic mass is 10.2. The normalized spacial score (nSPS) is 17.2. The van der Waals surface area contributed by atoms with Gasteiger partial charge >= 0.3 is 0 Å². The van der Waals surface area contributed by atoms with Gasteiger partial charge in [0, 0.05) is 33.2 Å². The van der Waals surface area contributed by atoms with Crippen LogP contribution in [0.3, 0.4) is 0 Å². The van der Waals surface area contributed by atoms with E-state index in [1.165, 1.54) is 11.1 Å². The second-order valence-electron chi connectivity index (χ2n) is 5.09. The molecule has 5 heteroatoms. The highest BCUT2D eigenvalue weighted by atomic mass is 32.2. The van der Waals surface area contributed by atoms with E-state index in [2.05, 4.69) is 47.0 Å². The van der Waals surface area contributed by atoms with Crippen molar-refractivity contribution in [3.05, 3.63) is 23.8 Å². The lowest BCUT2D eigenvalue weighted by Gasteiger charge is -2.26.